The zero-order valence-corrected chi connectivity index (χ0v) is 13.2. The lowest BCUT2D eigenvalue weighted by molar-refractivity contribution is -0.144. The number of carbonyl (C=O) groups is 1. The first-order valence-electron chi connectivity index (χ1n) is 8.70. The molecule has 0 atom stereocenters. The minimum absolute atomic E-state index is 0.139. The lowest BCUT2D eigenvalue weighted by Crippen LogP contribution is -2.19. The summed E-state index contributed by atoms with van der Waals surface area (Å²) in [5.74, 6) is -0.139. The number of ether oxygens (including phenoxy) is 1. The van der Waals surface area contributed by atoms with E-state index < -0.39 is 0 Å². The molecule has 1 saturated carbocycles. The molecule has 0 aliphatic heterocycles. The highest BCUT2D eigenvalue weighted by molar-refractivity contribution is 5.82. The summed E-state index contributed by atoms with van der Waals surface area (Å²) in [7, 11) is 0. The van der Waals surface area contributed by atoms with Gasteiger partial charge in [0.15, 0.2) is 0 Å². The van der Waals surface area contributed by atoms with Crippen molar-refractivity contribution in [3.63, 3.8) is 0 Å². The fourth-order valence-corrected chi connectivity index (χ4v) is 2.79. The van der Waals surface area contributed by atoms with Gasteiger partial charge in [-0.25, -0.2) is 4.79 Å². The monoisotopic (exact) mass is 280 g/mol. The molecule has 1 aliphatic carbocycles. The Labute approximate surface area is 125 Å². The summed E-state index contributed by atoms with van der Waals surface area (Å²) in [6.07, 6.45) is 19.8. The minimum Gasteiger partial charge on any atom is -0.459 e. The molecule has 2 heteroatoms. The second kappa shape index (κ2) is 12.0. The van der Waals surface area contributed by atoms with Crippen molar-refractivity contribution in [2.24, 2.45) is 0 Å². The van der Waals surface area contributed by atoms with Crippen molar-refractivity contribution in [3.8, 4) is 0 Å². The van der Waals surface area contributed by atoms with Gasteiger partial charge in [-0.3, -0.25) is 0 Å². The smallest absolute Gasteiger partial charge is 0.330 e. The predicted molar refractivity (Wildman–Crippen MR) is 84.7 cm³/mol. The molecule has 116 valence electrons. The van der Waals surface area contributed by atoms with E-state index in [9.17, 15) is 4.79 Å². The van der Waals surface area contributed by atoms with Gasteiger partial charge in [-0.15, -0.1) is 0 Å². The molecule has 0 bridgehead atoms. The average Bonchev–Trinajstić information content (AvgIpc) is 2.46. The lowest BCUT2D eigenvalue weighted by Gasteiger charge is -2.20. The summed E-state index contributed by atoms with van der Waals surface area (Å²) in [5, 5.41) is 0. The summed E-state index contributed by atoms with van der Waals surface area (Å²) in [4.78, 5) is 11.6. The molecule has 0 heterocycles. The predicted octanol–water partition coefficient (Wildman–Crippen LogP) is 5.56. The maximum Gasteiger partial charge on any atom is 0.330 e. The normalized spacial score (nSPS) is 16.6. The molecular formula is C18H32O2. The highest BCUT2D eigenvalue weighted by Crippen LogP contribution is 2.20. The molecule has 0 saturated heterocycles. The quantitative estimate of drug-likeness (QED) is 0.297. The maximum absolute atomic E-state index is 11.6. The van der Waals surface area contributed by atoms with Gasteiger partial charge in [0.1, 0.15) is 6.10 Å². The van der Waals surface area contributed by atoms with Crippen LogP contribution >= 0.6 is 0 Å². The van der Waals surface area contributed by atoms with Crippen molar-refractivity contribution in [3.05, 3.63) is 12.2 Å². The van der Waals surface area contributed by atoms with Crippen molar-refractivity contribution in [2.45, 2.75) is 96.5 Å². The topological polar surface area (TPSA) is 26.3 Å². The van der Waals surface area contributed by atoms with Crippen LogP contribution in [0.25, 0.3) is 0 Å². The van der Waals surface area contributed by atoms with Gasteiger partial charge >= 0.3 is 5.97 Å². The highest BCUT2D eigenvalue weighted by atomic mass is 16.5. The van der Waals surface area contributed by atoms with Crippen LogP contribution in [0.4, 0.5) is 0 Å². The third-order valence-electron chi connectivity index (χ3n) is 4.06. The largest absolute Gasteiger partial charge is 0.459 e. The van der Waals surface area contributed by atoms with Crippen LogP contribution in [0.15, 0.2) is 12.2 Å². The van der Waals surface area contributed by atoms with Crippen LogP contribution in [0.5, 0.6) is 0 Å². The number of carbonyl (C=O) groups excluding carboxylic acids is 1. The highest BCUT2D eigenvalue weighted by Gasteiger charge is 2.15. The van der Waals surface area contributed by atoms with Crippen LogP contribution in [-0.2, 0) is 9.53 Å². The molecule has 2 nitrogen and oxygen atoms in total. The van der Waals surface area contributed by atoms with E-state index in [0.717, 1.165) is 19.3 Å². The third-order valence-corrected chi connectivity index (χ3v) is 4.06. The van der Waals surface area contributed by atoms with E-state index in [0.29, 0.717) is 0 Å². The second-order valence-electron chi connectivity index (χ2n) is 6.01. The zero-order valence-electron chi connectivity index (χ0n) is 13.2. The number of hydrogen-bond donors (Lipinski definition) is 0. The van der Waals surface area contributed by atoms with E-state index in [1.54, 1.807) is 6.08 Å². The standard InChI is InChI=1S/C18H32O2/c1-2-3-4-5-6-7-8-9-13-16-18(19)20-17-14-11-10-12-15-17/h13,16-17H,2-12,14-15H2,1H3/b16-13+. The number of rotatable bonds is 10. The Hall–Kier alpha value is -0.790. The summed E-state index contributed by atoms with van der Waals surface area (Å²) < 4.78 is 5.44. The van der Waals surface area contributed by atoms with Gasteiger partial charge in [0.2, 0.25) is 0 Å². The fourth-order valence-electron chi connectivity index (χ4n) is 2.79. The third kappa shape index (κ3) is 9.17. The molecule has 20 heavy (non-hydrogen) atoms. The van der Waals surface area contributed by atoms with E-state index in [1.165, 1.54) is 64.2 Å². The molecule has 0 aromatic rings. The summed E-state index contributed by atoms with van der Waals surface area (Å²) in [6.45, 7) is 2.25. The molecule has 0 radical (unpaired) electrons. The molecule has 0 unspecified atom stereocenters. The zero-order chi connectivity index (χ0) is 14.5. The first-order valence-corrected chi connectivity index (χ1v) is 8.70. The Morgan fingerprint density at radius 1 is 1.00 bits per heavy atom. The van der Waals surface area contributed by atoms with Crippen molar-refractivity contribution in [1.29, 1.82) is 0 Å². The number of allylic oxidation sites excluding steroid dienone is 1. The van der Waals surface area contributed by atoms with Crippen molar-refractivity contribution in [2.75, 3.05) is 0 Å². The lowest BCUT2D eigenvalue weighted by atomic mass is 9.98. The Kier molecular flexibility index (Phi) is 10.3. The van der Waals surface area contributed by atoms with E-state index in [4.69, 9.17) is 4.74 Å². The van der Waals surface area contributed by atoms with Gasteiger partial charge in [-0.05, 0) is 38.5 Å². The van der Waals surface area contributed by atoms with E-state index >= 15 is 0 Å². The second-order valence-corrected chi connectivity index (χ2v) is 6.01. The van der Waals surface area contributed by atoms with Gasteiger partial charge in [0.05, 0.1) is 0 Å². The van der Waals surface area contributed by atoms with Gasteiger partial charge in [0.25, 0.3) is 0 Å². The van der Waals surface area contributed by atoms with Crippen LogP contribution in [0.2, 0.25) is 0 Å². The van der Waals surface area contributed by atoms with E-state index in [1.807, 2.05) is 6.08 Å². The Bertz CT molecular complexity index is 265. The SMILES string of the molecule is CCCCCCCCC/C=C/C(=O)OC1CCCCC1. The van der Waals surface area contributed by atoms with Gasteiger partial charge in [-0.1, -0.05) is 57.9 Å². The number of esters is 1. The summed E-state index contributed by atoms with van der Waals surface area (Å²) >= 11 is 0. The molecule has 0 spiro atoms. The molecular weight excluding hydrogens is 248 g/mol. The Balaban J connectivity index is 1.93. The molecule has 1 fully saturated rings. The molecule has 0 aromatic heterocycles. The molecule has 0 N–H and O–H groups in total. The first-order chi connectivity index (χ1) is 9.83. The van der Waals surface area contributed by atoms with Crippen molar-refractivity contribution in [1.82, 2.24) is 0 Å². The molecule has 1 aliphatic rings. The summed E-state index contributed by atoms with van der Waals surface area (Å²) in [5.41, 5.74) is 0. The number of hydrogen-bond acceptors (Lipinski definition) is 2. The van der Waals surface area contributed by atoms with Crippen molar-refractivity contribution >= 4 is 5.97 Å². The van der Waals surface area contributed by atoms with Crippen LogP contribution in [0, 0.1) is 0 Å². The number of unbranched alkanes of at least 4 members (excludes halogenated alkanes) is 7. The molecule has 1 rings (SSSR count). The summed E-state index contributed by atoms with van der Waals surface area (Å²) in [6, 6.07) is 0. The Morgan fingerprint density at radius 3 is 2.35 bits per heavy atom. The minimum atomic E-state index is -0.139. The molecule has 0 amide bonds. The van der Waals surface area contributed by atoms with Crippen LogP contribution in [-0.4, -0.2) is 12.1 Å². The van der Waals surface area contributed by atoms with Gasteiger partial charge in [0, 0.05) is 6.08 Å². The van der Waals surface area contributed by atoms with Crippen LogP contribution in [0.1, 0.15) is 90.4 Å². The maximum atomic E-state index is 11.6. The van der Waals surface area contributed by atoms with Crippen LogP contribution in [0.3, 0.4) is 0 Å². The fraction of sp³-hybridized carbons (Fsp3) is 0.833. The Morgan fingerprint density at radius 2 is 1.65 bits per heavy atom. The van der Waals surface area contributed by atoms with Gasteiger partial charge in [-0.2, -0.15) is 0 Å². The van der Waals surface area contributed by atoms with Crippen molar-refractivity contribution < 1.29 is 9.53 Å². The van der Waals surface area contributed by atoms with E-state index in [2.05, 4.69) is 6.92 Å². The average molecular weight is 280 g/mol. The first kappa shape index (κ1) is 17.3. The van der Waals surface area contributed by atoms with Crippen LogP contribution < -0.4 is 0 Å². The molecule has 0 aromatic carbocycles. The van der Waals surface area contributed by atoms with E-state index in [-0.39, 0.29) is 12.1 Å². The van der Waals surface area contributed by atoms with Gasteiger partial charge < -0.3 is 4.74 Å².